The van der Waals surface area contributed by atoms with Gasteiger partial charge in [-0.15, -0.1) is 0 Å². The smallest absolute Gasteiger partial charge is 0.177 e. The lowest BCUT2D eigenvalue weighted by Crippen LogP contribution is -2.30. The van der Waals surface area contributed by atoms with Crippen LogP contribution in [0.15, 0.2) is 72.8 Å². The zero-order chi connectivity index (χ0) is 38.2. The number of benzene rings is 4. The summed E-state index contributed by atoms with van der Waals surface area (Å²) in [7, 11) is 3.20. The van der Waals surface area contributed by atoms with E-state index in [4.69, 9.17) is 23.7 Å². The molecule has 3 aliphatic heterocycles. The number of aryl methyl sites for hydroxylation is 2. The second-order valence-corrected chi connectivity index (χ2v) is 14.6. The van der Waals surface area contributed by atoms with Crippen LogP contribution in [-0.4, -0.2) is 60.4 Å². The summed E-state index contributed by atoms with van der Waals surface area (Å²) in [5.74, 6) is 1.76. The number of aliphatic hydroxyl groups excluding tert-OH is 1. The molecule has 53 heavy (non-hydrogen) atoms. The Hall–Kier alpha value is -5.54. The maximum atomic E-state index is 13.1. The zero-order valence-corrected chi connectivity index (χ0v) is 31.4. The van der Waals surface area contributed by atoms with Gasteiger partial charge in [0.15, 0.2) is 11.6 Å². The minimum absolute atomic E-state index is 0.0678. The van der Waals surface area contributed by atoms with E-state index >= 15 is 0 Å². The second kappa shape index (κ2) is 14.5. The average molecular weight is 719 g/mol. The van der Waals surface area contributed by atoms with E-state index in [0.717, 1.165) is 33.8 Å². The van der Waals surface area contributed by atoms with Gasteiger partial charge in [-0.25, -0.2) is 0 Å². The predicted molar refractivity (Wildman–Crippen MR) is 204 cm³/mol. The number of hydrogen-bond acceptors (Lipinski definition) is 9. The minimum Gasteiger partial charge on any atom is -0.506 e. The summed E-state index contributed by atoms with van der Waals surface area (Å²) in [6.45, 7) is 11.6. The third-order valence-corrected chi connectivity index (χ3v) is 9.79. The number of ether oxygens (including phenoxy) is 5. The van der Waals surface area contributed by atoms with Crippen LogP contribution in [0.2, 0.25) is 0 Å². The molecule has 9 heteroatoms. The van der Waals surface area contributed by atoms with Crippen molar-refractivity contribution in [1.82, 2.24) is 0 Å². The summed E-state index contributed by atoms with van der Waals surface area (Å²) in [4.78, 5) is 26.2. The normalized spacial score (nSPS) is 17.7. The number of carbonyl (C=O) groups is 2. The molecule has 0 saturated heterocycles. The summed E-state index contributed by atoms with van der Waals surface area (Å²) >= 11 is 0. The third kappa shape index (κ3) is 7.39. The van der Waals surface area contributed by atoms with Crippen molar-refractivity contribution in [3.63, 3.8) is 0 Å². The number of Topliss-reactive ketones (excluding diaryl/α,β-unsaturated/α-hetero) is 2. The van der Waals surface area contributed by atoms with Crippen molar-refractivity contribution in [3.8, 4) is 34.5 Å². The molecule has 0 amide bonds. The van der Waals surface area contributed by atoms with Crippen molar-refractivity contribution in [1.29, 1.82) is 0 Å². The molecule has 9 nitrogen and oxygen atoms in total. The number of hydrogen-bond donors (Lipinski definition) is 2. The highest BCUT2D eigenvalue weighted by molar-refractivity contribution is 6.06. The highest BCUT2D eigenvalue weighted by Gasteiger charge is 2.35. The van der Waals surface area contributed by atoms with Crippen molar-refractivity contribution in [2.75, 3.05) is 27.4 Å². The number of phenols is 1. The number of aliphatic hydroxyl groups is 1. The van der Waals surface area contributed by atoms with Crippen molar-refractivity contribution in [2.24, 2.45) is 0 Å². The van der Waals surface area contributed by atoms with Gasteiger partial charge in [0.2, 0.25) is 0 Å². The molecule has 0 saturated carbocycles. The summed E-state index contributed by atoms with van der Waals surface area (Å²) in [5.41, 5.74) is 4.76. The van der Waals surface area contributed by atoms with Gasteiger partial charge in [-0.3, -0.25) is 9.59 Å². The van der Waals surface area contributed by atoms with E-state index in [1.54, 1.807) is 44.6 Å². The van der Waals surface area contributed by atoms with Crippen LogP contribution in [0.5, 0.6) is 34.5 Å². The van der Waals surface area contributed by atoms with Gasteiger partial charge >= 0.3 is 0 Å². The fourth-order valence-corrected chi connectivity index (χ4v) is 6.73. The molecule has 3 heterocycles. The Kier molecular flexibility index (Phi) is 10.2. The highest BCUT2D eigenvalue weighted by atomic mass is 16.5. The number of ketones is 2. The van der Waals surface area contributed by atoms with Crippen LogP contribution >= 0.6 is 0 Å². The van der Waals surface area contributed by atoms with Crippen LogP contribution in [0.1, 0.15) is 93.6 Å². The first-order valence-corrected chi connectivity index (χ1v) is 17.6. The number of aromatic hydroxyl groups is 1. The summed E-state index contributed by atoms with van der Waals surface area (Å²) in [5, 5.41) is 20.5. The molecule has 0 fully saturated rings. The first-order chi connectivity index (χ1) is 25.2. The number of rotatable bonds is 7. The van der Waals surface area contributed by atoms with Gasteiger partial charge in [-0.05, 0) is 124 Å². The molecular formula is C44H46O9. The standard InChI is InChI=1S/C22H24O5.C22H22O4/c1-13-5-6-14(11-19(13)26-4)17(12-23)21(25)16-7-8-18-15(20(16)24)9-10-22(2,3)27-18;1-13-5-6-14(11-19(13)24-4)17-12-25-21-15-9-10-22(2,3)26-18(15)8-7-16(21)20(17)23/h5-11,17,23-24H,12H2,1-4H3;5-11,17H,12H2,1-4H3/t;17-/m.1/s1. The monoisotopic (exact) mass is 718 g/mol. The van der Waals surface area contributed by atoms with Crippen LogP contribution < -0.4 is 23.7 Å². The third-order valence-electron chi connectivity index (χ3n) is 9.79. The minimum atomic E-state index is -0.798. The molecule has 0 radical (unpaired) electrons. The van der Waals surface area contributed by atoms with Crippen molar-refractivity contribution < 1.29 is 43.5 Å². The molecule has 0 aliphatic carbocycles. The Morgan fingerprint density at radius 2 is 1.42 bits per heavy atom. The van der Waals surface area contributed by atoms with Gasteiger partial charge in [0, 0.05) is 0 Å². The van der Waals surface area contributed by atoms with Gasteiger partial charge in [0.1, 0.15) is 52.3 Å². The molecule has 2 N–H and O–H groups in total. The Labute approximate surface area is 310 Å². The molecule has 4 aromatic carbocycles. The van der Waals surface area contributed by atoms with Gasteiger partial charge in [-0.1, -0.05) is 24.3 Å². The van der Waals surface area contributed by atoms with Crippen molar-refractivity contribution in [3.05, 3.63) is 117 Å². The molecule has 1 unspecified atom stereocenters. The largest absolute Gasteiger partial charge is 0.506 e. The lowest BCUT2D eigenvalue weighted by Gasteiger charge is -2.31. The quantitative estimate of drug-likeness (QED) is 0.182. The lowest BCUT2D eigenvalue weighted by molar-refractivity contribution is 0.0891. The topological polar surface area (TPSA) is 121 Å². The van der Waals surface area contributed by atoms with Crippen molar-refractivity contribution in [2.45, 2.75) is 64.6 Å². The molecule has 2 atom stereocenters. The number of phenolic OH excluding ortho intramolecular Hbond substituents is 1. The summed E-state index contributed by atoms with van der Waals surface area (Å²) in [6, 6.07) is 18.1. The van der Waals surface area contributed by atoms with E-state index < -0.39 is 11.5 Å². The number of carbonyl (C=O) groups excluding carboxylic acids is 2. The molecule has 0 spiro atoms. The number of fused-ring (bicyclic) bond motifs is 4. The number of methoxy groups -OCH3 is 2. The van der Waals surface area contributed by atoms with E-state index in [9.17, 15) is 19.8 Å². The van der Waals surface area contributed by atoms with Gasteiger partial charge < -0.3 is 33.9 Å². The van der Waals surface area contributed by atoms with Crippen LogP contribution in [0, 0.1) is 13.8 Å². The van der Waals surface area contributed by atoms with Crippen LogP contribution in [0.3, 0.4) is 0 Å². The highest BCUT2D eigenvalue weighted by Crippen LogP contribution is 2.44. The van der Waals surface area contributed by atoms with Gasteiger partial charge in [0.05, 0.1) is 54.9 Å². The lowest BCUT2D eigenvalue weighted by atomic mass is 9.86. The fourth-order valence-electron chi connectivity index (χ4n) is 6.73. The Morgan fingerprint density at radius 3 is 2.06 bits per heavy atom. The van der Waals surface area contributed by atoms with Crippen LogP contribution in [-0.2, 0) is 0 Å². The first-order valence-electron chi connectivity index (χ1n) is 17.6. The molecule has 4 aromatic rings. The summed E-state index contributed by atoms with van der Waals surface area (Å²) < 4.78 is 28.6. The first kappa shape index (κ1) is 37.2. The van der Waals surface area contributed by atoms with E-state index in [2.05, 4.69) is 0 Å². The zero-order valence-electron chi connectivity index (χ0n) is 31.4. The van der Waals surface area contributed by atoms with Crippen molar-refractivity contribution >= 4 is 23.7 Å². The van der Waals surface area contributed by atoms with Crippen LogP contribution in [0.25, 0.3) is 12.2 Å². The maximum Gasteiger partial charge on any atom is 0.177 e. The molecule has 0 bridgehead atoms. The SMILES string of the molecule is COc1cc(C(CO)C(=O)c2ccc3c(c2O)C=CC(C)(C)O3)ccc1C.COc1cc([C@H]2COc3c(ccc4c3C=CC(C)(C)O4)C2=O)ccc1C. The maximum absolute atomic E-state index is 13.1. The van der Waals surface area contributed by atoms with E-state index in [-0.39, 0.29) is 41.0 Å². The Bertz CT molecular complexity index is 2140. The summed E-state index contributed by atoms with van der Waals surface area (Å²) in [6.07, 6.45) is 7.56. The predicted octanol–water partition coefficient (Wildman–Crippen LogP) is 8.40. The van der Waals surface area contributed by atoms with E-state index in [0.29, 0.717) is 40.5 Å². The molecule has 7 rings (SSSR count). The van der Waals surface area contributed by atoms with Gasteiger partial charge in [-0.2, -0.15) is 0 Å². The molecular weight excluding hydrogens is 672 g/mol. The fraction of sp³-hybridized carbons (Fsp3) is 0.318. The molecule has 3 aliphatic rings. The van der Waals surface area contributed by atoms with E-state index in [1.165, 1.54) is 0 Å². The Balaban J connectivity index is 0.000000181. The average Bonchev–Trinajstić information content (AvgIpc) is 3.12. The second-order valence-electron chi connectivity index (χ2n) is 14.6. The Morgan fingerprint density at radius 1 is 0.830 bits per heavy atom. The van der Waals surface area contributed by atoms with Crippen LogP contribution in [0.4, 0.5) is 0 Å². The van der Waals surface area contributed by atoms with E-state index in [1.807, 2.05) is 96.2 Å². The molecule has 0 aromatic heterocycles. The molecule has 276 valence electrons. The van der Waals surface area contributed by atoms with Gasteiger partial charge in [0.25, 0.3) is 0 Å².